The number of hydrogen-bond donors (Lipinski definition) is 0. The van der Waals surface area contributed by atoms with Crippen molar-refractivity contribution in [1.29, 1.82) is 0 Å². The van der Waals surface area contributed by atoms with Crippen LogP contribution in [0.4, 0.5) is 0 Å². The number of fused-ring (bicyclic) bond motifs is 1. The van der Waals surface area contributed by atoms with Crippen molar-refractivity contribution in [2.24, 2.45) is 29.1 Å². The van der Waals surface area contributed by atoms with Crippen molar-refractivity contribution in [2.75, 3.05) is 0 Å². The summed E-state index contributed by atoms with van der Waals surface area (Å²) in [6.45, 7) is 16.5. The summed E-state index contributed by atoms with van der Waals surface area (Å²) < 4.78 is 5.90. The molecule has 5 atom stereocenters. The van der Waals surface area contributed by atoms with E-state index >= 15 is 0 Å². The summed E-state index contributed by atoms with van der Waals surface area (Å²) in [5.41, 5.74) is 4.70. The fourth-order valence-electron chi connectivity index (χ4n) is 7.86. The predicted molar refractivity (Wildman–Crippen MR) is 158 cm³/mol. The minimum absolute atomic E-state index is 0.00530. The van der Waals surface area contributed by atoms with Crippen LogP contribution in [-0.2, 0) is 9.53 Å². The van der Waals surface area contributed by atoms with Gasteiger partial charge < -0.3 is 4.74 Å². The van der Waals surface area contributed by atoms with E-state index in [1.165, 1.54) is 81.8 Å². The molecule has 0 aromatic heterocycles. The molecular formula is C35H58O2. The predicted octanol–water partition coefficient (Wildman–Crippen LogP) is 10.5. The topological polar surface area (TPSA) is 26.3 Å². The zero-order chi connectivity index (χ0) is 26.8. The number of hydrogen-bond acceptors (Lipinski definition) is 2. The maximum atomic E-state index is 12.4. The quantitative estimate of drug-likeness (QED) is 0.182. The SMILES string of the molecule is C=C1CC[C@H](OC(=O)CCCCCCC)C/C1=C/C=C1\CCC[C@@]2(C)C1CC[C@@H]2[C@H](C)CCCC(C)C. The van der Waals surface area contributed by atoms with E-state index in [0.717, 1.165) is 55.8 Å². The Morgan fingerprint density at radius 1 is 1.03 bits per heavy atom. The molecule has 0 saturated heterocycles. The van der Waals surface area contributed by atoms with E-state index in [4.69, 9.17) is 4.74 Å². The maximum absolute atomic E-state index is 12.4. The molecule has 210 valence electrons. The van der Waals surface area contributed by atoms with Crippen LogP contribution in [0.3, 0.4) is 0 Å². The Balaban J connectivity index is 1.57. The number of esters is 1. The van der Waals surface area contributed by atoms with E-state index in [2.05, 4.69) is 53.3 Å². The fourth-order valence-corrected chi connectivity index (χ4v) is 7.86. The Morgan fingerprint density at radius 2 is 1.81 bits per heavy atom. The molecule has 1 unspecified atom stereocenters. The first kappa shape index (κ1) is 30.2. The average Bonchev–Trinajstić information content (AvgIpc) is 3.21. The van der Waals surface area contributed by atoms with Crippen LogP contribution in [0.5, 0.6) is 0 Å². The Kier molecular flexibility index (Phi) is 12.0. The molecule has 0 heterocycles. The molecule has 0 radical (unpaired) electrons. The minimum atomic E-state index is -0.00530. The molecule has 0 amide bonds. The van der Waals surface area contributed by atoms with Crippen molar-refractivity contribution in [3.63, 3.8) is 0 Å². The lowest BCUT2D eigenvalue weighted by Crippen LogP contribution is -2.36. The number of unbranched alkanes of at least 4 members (excludes halogenated alkanes) is 4. The summed E-state index contributed by atoms with van der Waals surface area (Å²) in [5, 5.41) is 0. The lowest BCUT2D eigenvalue weighted by molar-refractivity contribution is -0.149. The van der Waals surface area contributed by atoms with Crippen molar-refractivity contribution in [2.45, 2.75) is 150 Å². The highest BCUT2D eigenvalue weighted by atomic mass is 16.5. The van der Waals surface area contributed by atoms with Gasteiger partial charge in [0.25, 0.3) is 0 Å². The molecule has 0 aliphatic heterocycles. The first-order valence-electron chi connectivity index (χ1n) is 16.0. The van der Waals surface area contributed by atoms with Crippen LogP contribution in [-0.4, -0.2) is 12.1 Å². The second kappa shape index (κ2) is 14.7. The van der Waals surface area contributed by atoms with Crippen molar-refractivity contribution in [3.05, 3.63) is 35.5 Å². The van der Waals surface area contributed by atoms with Crippen molar-refractivity contribution in [1.82, 2.24) is 0 Å². The Morgan fingerprint density at radius 3 is 2.57 bits per heavy atom. The Bertz CT molecular complexity index is 802. The molecule has 0 bridgehead atoms. The standard InChI is InChI=1S/C35H58O2/c1-7-8-9-10-11-17-34(36)37-31-21-18-27(4)30(25-31)20-19-29-16-13-24-35(6)32(22-23-33(29)35)28(5)15-12-14-26(2)3/h19-20,26,28,31-33H,4,7-18,21-25H2,1-3,5-6H3/b29-19+,30-20-/t28-,31+,32-,33?,35-/m1/s1. The number of allylic oxidation sites excluding steroid dienone is 4. The van der Waals surface area contributed by atoms with Gasteiger partial charge in [0.2, 0.25) is 0 Å². The van der Waals surface area contributed by atoms with Crippen molar-refractivity contribution >= 4 is 5.97 Å². The third kappa shape index (κ3) is 8.59. The molecule has 3 aliphatic rings. The van der Waals surface area contributed by atoms with Gasteiger partial charge in [0.15, 0.2) is 0 Å². The van der Waals surface area contributed by atoms with E-state index in [-0.39, 0.29) is 12.1 Å². The monoisotopic (exact) mass is 510 g/mol. The summed E-state index contributed by atoms with van der Waals surface area (Å²) in [6.07, 6.45) is 24.8. The first-order chi connectivity index (χ1) is 17.7. The molecule has 37 heavy (non-hydrogen) atoms. The van der Waals surface area contributed by atoms with E-state index in [0.29, 0.717) is 11.8 Å². The summed E-state index contributed by atoms with van der Waals surface area (Å²) in [7, 11) is 0. The van der Waals surface area contributed by atoms with Gasteiger partial charge >= 0.3 is 5.97 Å². The fraction of sp³-hybridized carbons (Fsp3) is 0.800. The Hall–Kier alpha value is -1.31. The summed E-state index contributed by atoms with van der Waals surface area (Å²) in [6, 6.07) is 0. The van der Waals surface area contributed by atoms with Gasteiger partial charge in [-0.1, -0.05) is 109 Å². The van der Waals surface area contributed by atoms with Gasteiger partial charge in [-0.3, -0.25) is 4.79 Å². The highest BCUT2D eigenvalue weighted by Gasteiger charge is 2.50. The minimum Gasteiger partial charge on any atom is -0.462 e. The van der Waals surface area contributed by atoms with Crippen LogP contribution in [0.15, 0.2) is 35.5 Å². The van der Waals surface area contributed by atoms with Gasteiger partial charge in [0.05, 0.1) is 0 Å². The lowest BCUT2D eigenvalue weighted by atomic mass is 9.60. The molecule has 0 aromatic carbocycles. The van der Waals surface area contributed by atoms with E-state index < -0.39 is 0 Å². The van der Waals surface area contributed by atoms with E-state index in [1.807, 2.05) is 0 Å². The van der Waals surface area contributed by atoms with Gasteiger partial charge in [-0.2, -0.15) is 0 Å². The molecule has 2 heteroatoms. The summed E-state index contributed by atoms with van der Waals surface area (Å²) in [5.74, 6) is 3.27. The van der Waals surface area contributed by atoms with Gasteiger partial charge in [-0.15, -0.1) is 0 Å². The average molecular weight is 511 g/mol. The lowest BCUT2D eigenvalue weighted by Gasteiger charge is -2.44. The zero-order valence-electron chi connectivity index (χ0n) is 25.1. The largest absolute Gasteiger partial charge is 0.462 e. The van der Waals surface area contributed by atoms with Crippen LogP contribution >= 0.6 is 0 Å². The van der Waals surface area contributed by atoms with Crippen LogP contribution < -0.4 is 0 Å². The molecule has 0 N–H and O–H groups in total. The number of carbonyl (C=O) groups excluding carboxylic acids is 1. The molecule has 3 fully saturated rings. The van der Waals surface area contributed by atoms with E-state index in [9.17, 15) is 4.79 Å². The third-order valence-electron chi connectivity index (χ3n) is 10.1. The molecule has 2 nitrogen and oxygen atoms in total. The summed E-state index contributed by atoms with van der Waals surface area (Å²) in [4.78, 5) is 12.4. The van der Waals surface area contributed by atoms with Crippen LogP contribution in [0.25, 0.3) is 0 Å². The van der Waals surface area contributed by atoms with Gasteiger partial charge in [0.1, 0.15) is 6.10 Å². The smallest absolute Gasteiger partial charge is 0.306 e. The second-order valence-corrected chi connectivity index (χ2v) is 13.5. The van der Waals surface area contributed by atoms with Crippen LogP contribution in [0, 0.1) is 29.1 Å². The Labute approximate surface area is 229 Å². The molecule has 0 spiro atoms. The molecular weight excluding hydrogens is 452 g/mol. The number of ether oxygens (including phenoxy) is 1. The van der Waals surface area contributed by atoms with E-state index in [1.54, 1.807) is 5.57 Å². The van der Waals surface area contributed by atoms with Crippen molar-refractivity contribution in [3.8, 4) is 0 Å². The normalized spacial score (nSPS) is 31.2. The maximum Gasteiger partial charge on any atom is 0.306 e. The number of rotatable bonds is 13. The van der Waals surface area contributed by atoms with Crippen LogP contribution in [0.1, 0.15) is 144 Å². The first-order valence-corrected chi connectivity index (χ1v) is 16.0. The molecule has 0 aromatic rings. The van der Waals surface area contributed by atoms with Gasteiger partial charge in [-0.25, -0.2) is 0 Å². The highest BCUT2D eigenvalue weighted by molar-refractivity contribution is 5.69. The molecule has 3 aliphatic carbocycles. The zero-order valence-corrected chi connectivity index (χ0v) is 25.1. The van der Waals surface area contributed by atoms with Crippen molar-refractivity contribution < 1.29 is 9.53 Å². The molecule has 3 saturated carbocycles. The summed E-state index contributed by atoms with van der Waals surface area (Å²) >= 11 is 0. The van der Waals surface area contributed by atoms with Crippen LogP contribution in [0.2, 0.25) is 0 Å². The second-order valence-electron chi connectivity index (χ2n) is 13.5. The third-order valence-corrected chi connectivity index (χ3v) is 10.1. The molecule has 3 rings (SSSR count). The highest BCUT2D eigenvalue weighted by Crippen LogP contribution is 2.60. The van der Waals surface area contributed by atoms with Gasteiger partial charge in [0, 0.05) is 12.8 Å². The number of carbonyl (C=O) groups is 1. The van der Waals surface area contributed by atoms with Gasteiger partial charge in [-0.05, 0) is 86.0 Å².